The molecule has 0 radical (unpaired) electrons. The van der Waals surface area contributed by atoms with E-state index >= 15 is 0 Å². The fourth-order valence-electron chi connectivity index (χ4n) is 3.34. The first-order chi connectivity index (χ1) is 14.1. The van der Waals surface area contributed by atoms with E-state index < -0.39 is 6.09 Å². The summed E-state index contributed by atoms with van der Waals surface area (Å²) in [4.78, 5) is 26.5. The van der Waals surface area contributed by atoms with Crippen LogP contribution in [-0.4, -0.2) is 50.3 Å². The Labute approximate surface area is 170 Å². The normalized spacial score (nSPS) is 14.2. The van der Waals surface area contributed by atoms with Crippen molar-refractivity contribution in [1.29, 1.82) is 0 Å². The van der Waals surface area contributed by atoms with Crippen LogP contribution < -0.4 is 19.5 Å². The highest BCUT2D eigenvalue weighted by atomic mass is 16.6. The Bertz CT molecular complexity index is 832. The summed E-state index contributed by atoms with van der Waals surface area (Å²) in [6.07, 6.45) is 1.23. The van der Waals surface area contributed by atoms with Gasteiger partial charge < -0.3 is 24.4 Å². The number of likely N-dealkylation sites (tertiary alicyclic amines) is 1. The maximum absolute atomic E-state index is 12.6. The topological polar surface area (TPSA) is 77.1 Å². The summed E-state index contributed by atoms with van der Waals surface area (Å²) >= 11 is 0. The van der Waals surface area contributed by atoms with Crippen LogP contribution in [0.3, 0.4) is 0 Å². The number of carbonyl (C=O) groups is 2. The summed E-state index contributed by atoms with van der Waals surface area (Å²) in [5.74, 6) is 1.81. The van der Waals surface area contributed by atoms with Crippen LogP contribution in [-0.2, 0) is 11.2 Å². The average Bonchev–Trinajstić information content (AvgIpc) is 2.74. The molecule has 0 unspecified atom stereocenters. The predicted octanol–water partition coefficient (Wildman–Crippen LogP) is 3.03. The summed E-state index contributed by atoms with van der Waals surface area (Å²) in [6, 6.07) is 14.4. The number of amides is 2. The van der Waals surface area contributed by atoms with Gasteiger partial charge in [0.05, 0.1) is 20.6 Å². The lowest BCUT2D eigenvalue weighted by atomic mass is 10.0. The molecular weight excluding hydrogens is 372 g/mol. The third-order valence-corrected chi connectivity index (χ3v) is 4.93. The first-order valence-electron chi connectivity index (χ1n) is 9.61. The van der Waals surface area contributed by atoms with Crippen LogP contribution in [0.5, 0.6) is 17.2 Å². The van der Waals surface area contributed by atoms with E-state index in [2.05, 4.69) is 5.32 Å². The van der Waals surface area contributed by atoms with Gasteiger partial charge in [0.1, 0.15) is 5.75 Å². The lowest BCUT2D eigenvalue weighted by molar-refractivity contribution is -0.131. The van der Waals surface area contributed by atoms with E-state index in [4.69, 9.17) is 14.2 Å². The van der Waals surface area contributed by atoms with Crippen molar-refractivity contribution in [2.24, 2.45) is 0 Å². The quantitative estimate of drug-likeness (QED) is 0.809. The molecular formula is C22H26N2O5. The summed E-state index contributed by atoms with van der Waals surface area (Å²) < 4.78 is 15.8. The zero-order chi connectivity index (χ0) is 20.6. The molecule has 1 fully saturated rings. The number of benzene rings is 2. The van der Waals surface area contributed by atoms with Gasteiger partial charge in [0.25, 0.3) is 0 Å². The van der Waals surface area contributed by atoms with Gasteiger partial charge in [-0.15, -0.1) is 0 Å². The summed E-state index contributed by atoms with van der Waals surface area (Å²) in [5.41, 5.74) is 0.874. The van der Waals surface area contributed by atoms with Crippen molar-refractivity contribution in [3.63, 3.8) is 0 Å². The molecule has 0 aromatic heterocycles. The molecule has 0 saturated carbocycles. The molecule has 1 heterocycles. The van der Waals surface area contributed by atoms with Crippen LogP contribution in [0, 0.1) is 0 Å². The minimum absolute atomic E-state index is 0.00339. The van der Waals surface area contributed by atoms with Crippen LogP contribution in [0.4, 0.5) is 4.79 Å². The van der Waals surface area contributed by atoms with Crippen LogP contribution in [0.25, 0.3) is 0 Å². The molecule has 1 saturated heterocycles. The van der Waals surface area contributed by atoms with Crippen molar-refractivity contribution in [3.8, 4) is 17.2 Å². The van der Waals surface area contributed by atoms with Crippen LogP contribution in [0.2, 0.25) is 0 Å². The van der Waals surface area contributed by atoms with E-state index in [1.54, 1.807) is 32.4 Å². The van der Waals surface area contributed by atoms with Gasteiger partial charge in [-0.25, -0.2) is 4.79 Å². The van der Waals surface area contributed by atoms with E-state index in [-0.39, 0.29) is 11.9 Å². The zero-order valence-corrected chi connectivity index (χ0v) is 16.7. The number of hydrogen-bond donors (Lipinski definition) is 1. The van der Waals surface area contributed by atoms with Gasteiger partial charge in [-0.2, -0.15) is 0 Å². The van der Waals surface area contributed by atoms with Crippen molar-refractivity contribution >= 4 is 12.0 Å². The van der Waals surface area contributed by atoms with Gasteiger partial charge in [0, 0.05) is 19.1 Å². The third kappa shape index (κ3) is 5.63. The highest BCUT2D eigenvalue weighted by Crippen LogP contribution is 2.28. The molecule has 1 N–H and O–H groups in total. The number of piperidine rings is 1. The second kappa shape index (κ2) is 9.82. The number of nitrogens with zero attached hydrogens (tertiary/aromatic N) is 1. The van der Waals surface area contributed by atoms with Gasteiger partial charge in [0.2, 0.25) is 5.91 Å². The molecule has 2 amide bonds. The second-order valence-electron chi connectivity index (χ2n) is 6.87. The zero-order valence-electron chi connectivity index (χ0n) is 16.7. The van der Waals surface area contributed by atoms with Crippen molar-refractivity contribution in [2.45, 2.75) is 25.3 Å². The number of ether oxygens (including phenoxy) is 3. The Balaban J connectivity index is 1.46. The summed E-state index contributed by atoms with van der Waals surface area (Å²) in [5, 5.41) is 2.87. The van der Waals surface area contributed by atoms with Crippen LogP contribution >= 0.6 is 0 Å². The Kier molecular flexibility index (Phi) is 6.94. The van der Waals surface area contributed by atoms with Crippen molar-refractivity contribution < 1.29 is 23.8 Å². The Morgan fingerprint density at radius 1 is 1.00 bits per heavy atom. The van der Waals surface area contributed by atoms with E-state index in [1.165, 1.54) is 0 Å². The first kappa shape index (κ1) is 20.5. The molecule has 0 aliphatic carbocycles. The number of rotatable bonds is 6. The highest BCUT2D eigenvalue weighted by Gasteiger charge is 2.24. The Morgan fingerprint density at radius 3 is 2.34 bits per heavy atom. The molecule has 7 nitrogen and oxygen atoms in total. The van der Waals surface area contributed by atoms with Crippen LogP contribution in [0.1, 0.15) is 18.4 Å². The molecule has 154 valence electrons. The molecule has 0 bridgehead atoms. The highest BCUT2D eigenvalue weighted by molar-refractivity contribution is 5.79. The smallest absolute Gasteiger partial charge is 0.412 e. The molecule has 3 rings (SSSR count). The number of methoxy groups -OCH3 is 2. The summed E-state index contributed by atoms with van der Waals surface area (Å²) in [6.45, 7) is 1.20. The maximum atomic E-state index is 12.6. The fraction of sp³-hybridized carbons (Fsp3) is 0.364. The summed E-state index contributed by atoms with van der Waals surface area (Å²) in [7, 11) is 3.15. The fourth-order valence-corrected chi connectivity index (χ4v) is 3.34. The molecule has 7 heteroatoms. The molecule has 0 spiro atoms. The van der Waals surface area contributed by atoms with Crippen molar-refractivity contribution in [2.75, 3.05) is 27.3 Å². The second-order valence-corrected chi connectivity index (χ2v) is 6.87. The number of hydrogen-bond acceptors (Lipinski definition) is 5. The molecule has 0 atom stereocenters. The lowest BCUT2D eigenvalue weighted by Crippen LogP contribution is -2.47. The Hall–Kier alpha value is -3.22. The SMILES string of the molecule is COc1ccc(CC(=O)N2CCC(NC(=O)Oc3ccccc3)CC2)cc1OC. The number of nitrogens with one attached hydrogen (secondary N) is 1. The first-order valence-corrected chi connectivity index (χ1v) is 9.61. The Morgan fingerprint density at radius 2 is 1.69 bits per heavy atom. The minimum Gasteiger partial charge on any atom is -0.493 e. The number of para-hydroxylation sites is 1. The van der Waals surface area contributed by atoms with Crippen molar-refractivity contribution in [3.05, 3.63) is 54.1 Å². The van der Waals surface area contributed by atoms with E-state index in [9.17, 15) is 9.59 Å². The van der Waals surface area contributed by atoms with E-state index in [0.717, 1.165) is 5.56 Å². The molecule has 1 aliphatic rings. The number of carbonyl (C=O) groups excluding carboxylic acids is 2. The standard InChI is InChI=1S/C22H26N2O5/c1-27-19-9-8-16(14-20(19)28-2)15-21(25)24-12-10-17(11-13-24)23-22(26)29-18-6-4-3-5-7-18/h3-9,14,17H,10-13,15H2,1-2H3,(H,23,26). The molecule has 29 heavy (non-hydrogen) atoms. The van der Waals surface area contributed by atoms with Crippen LogP contribution in [0.15, 0.2) is 48.5 Å². The third-order valence-electron chi connectivity index (χ3n) is 4.93. The minimum atomic E-state index is -0.466. The monoisotopic (exact) mass is 398 g/mol. The molecule has 1 aliphatic heterocycles. The van der Waals surface area contributed by atoms with E-state index in [0.29, 0.717) is 49.6 Å². The van der Waals surface area contributed by atoms with Gasteiger partial charge in [-0.05, 0) is 42.7 Å². The largest absolute Gasteiger partial charge is 0.493 e. The van der Waals surface area contributed by atoms with Gasteiger partial charge in [-0.1, -0.05) is 24.3 Å². The van der Waals surface area contributed by atoms with Gasteiger partial charge in [-0.3, -0.25) is 4.79 Å². The molecule has 2 aromatic rings. The average molecular weight is 398 g/mol. The maximum Gasteiger partial charge on any atom is 0.412 e. The lowest BCUT2D eigenvalue weighted by Gasteiger charge is -2.32. The van der Waals surface area contributed by atoms with Gasteiger partial charge in [0.15, 0.2) is 11.5 Å². The molecule has 2 aromatic carbocycles. The predicted molar refractivity (Wildman–Crippen MR) is 108 cm³/mol. The van der Waals surface area contributed by atoms with Crippen molar-refractivity contribution in [1.82, 2.24) is 10.2 Å². The van der Waals surface area contributed by atoms with Gasteiger partial charge >= 0.3 is 6.09 Å². The van der Waals surface area contributed by atoms with E-state index in [1.807, 2.05) is 35.2 Å².